The monoisotopic (exact) mass is 351 g/mol. The molecule has 0 spiro atoms. The molecule has 0 aromatic heterocycles. The fourth-order valence-electron chi connectivity index (χ4n) is 2.64. The minimum Gasteiger partial charge on any atom is -0.493 e. The molecule has 2 aromatic carbocycles. The van der Waals surface area contributed by atoms with Gasteiger partial charge in [-0.05, 0) is 36.4 Å². The van der Waals surface area contributed by atoms with Gasteiger partial charge in [0, 0.05) is 17.7 Å². The lowest BCUT2D eigenvalue weighted by Gasteiger charge is -2.12. The fourth-order valence-corrected chi connectivity index (χ4v) is 2.64. The number of nitrogens with zero attached hydrogens (tertiary/aromatic N) is 2. The van der Waals surface area contributed by atoms with Crippen molar-refractivity contribution in [2.75, 3.05) is 19.5 Å². The second-order valence-electron chi connectivity index (χ2n) is 5.56. The summed E-state index contributed by atoms with van der Waals surface area (Å²) >= 11 is 0. The lowest BCUT2D eigenvalue weighted by atomic mass is 10.0. The zero-order valence-corrected chi connectivity index (χ0v) is 14.4. The van der Waals surface area contributed by atoms with Gasteiger partial charge in [-0.3, -0.25) is 4.79 Å². The molecule has 3 rings (SSSR count). The number of hydrogen-bond acceptors (Lipinski definition) is 6. The molecule has 132 valence electrons. The number of amides is 1. The molecular formula is C19H17N3O4. The zero-order chi connectivity index (χ0) is 18.5. The predicted octanol–water partition coefficient (Wildman–Crippen LogP) is 2.71. The number of para-hydroxylation sites is 1. The second-order valence-corrected chi connectivity index (χ2v) is 5.56. The Balaban J connectivity index is 1.70. The molecule has 26 heavy (non-hydrogen) atoms. The third-order valence-electron chi connectivity index (χ3n) is 3.96. The molecule has 1 N–H and O–H groups in total. The van der Waals surface area contributed by atoms with Gasteiger partial charge in [-0.1, -0.05) is 11.2 Å². The van der Waals surface area contributed by atoms with Crippen molar-refractivity contribution in [3.63, 3.8) is 0 Å². The van der Waals surface area contributed by atoms with E-state index >= 15 is 0 Å². The van der Waals surface area contributed by atoms with Crippen molar-refractivity contribution in [2.24, 2.45) is 5.16 Å². The van der Waals surface area contributed by atoms with Crippen LogP contribution in [0.5, 0.6) is 11.5 Å². The van der Waals surface area contributed by atoms with Crippen molar-refractivity contribution in [2.45, 2.75) is 12.5 Å². The number of nitrogens with one attached hydrogen (secondary N) is 1. The molecule has 0 bridgehead atoms. The van der Waals surface area contributed by atoms with E-state index in [4.69, 9.17) is 19.6 Å². The summed E-state index contributed by atoms with van der Waals surface area (Å²) in [7, 11) is 3.11. The topological polar surface area (TPSA) is 92.9 Å². The molecule has 0 saturated carbocycles. The molecular weight excluding hydrogens is 334 g/mol. The van der Waals surface area contributed by atoms with Crippen LogP contribution in [0.25, 0.3) is 0 Å². The summed E-state index contributed by atoms with van der Waals surface area (Å²) in [6, 6.07) is 14.1. The van der Waals surface area contributed by atoms with Crippen LogP contribution in [0, 0.1) is 11.3 Å². The Morgan fingerprint density at radius 2 is 2.00 bits per heavy atom. The Morgan fingerprint density at radius 3 is 2.65 bits per heavy atom. The molecule has 0 radical (unpaired) electrons. The summed E-state index contributed by atoms with van der Waals surface area (Å²) in [4.78, 5) is 17.7. The Bertz CT molecular complexity index is 885. The standard InChI is InChI=1S/C19H17N3O4/c1-24-16-5-3-4-14(18(16)25-2)15-10-17(26-22-15)19(23)21-13-8-6-12(11-20)7-9-13/h3-9,17H,10H2,1-2H3,(H,21,23). The van der Waals surface area contributed by atoms with Crippen LogP contribution in [-0.4, -0.2) is 31.9 Å². The van der Waals surface area contributed by atoms with Gasteiger partial charge < -0.3 is 19.6 Å². The lowest BCUT2D eigenvalue weighted by Crippen LogP contribution is -2.28. The highest BCUT2D eigenvalue weighted by atomic mass is 16.6. The molecule has 0 fully saturated rings. The lowest BCUT2D eigenvalue weighted by molar-refractivity contribution is -0.125. The smallest absolute Gasteiger partial charge is 0.268 e. The minimum absolute atomic E-state index is 0.310. The largest absolute Gasteiger partial charge is 0.493 e. The zero-order valence-electron chi connectivity index (χ0n) is 14.4. The number of carbonyl (C=O) groups is 1. The number of hydrogen-bond donors (Lipinski definition) is 1. The fraction of sp³-hybridized carbons (Fsp3) is 0.211. The maximum absolute atomic E-state index is 12.4. The number of methoxy groups -OCH3 is 2. The summed E-state index contributed by atoms with van der Waals surface area (Å²) < 4.78 is 10.7. The first kappa shape index (κ1) is 17.3. The molecule has 7 heteroatoms. The van der Waals surface area contributed by atoms with E-state index in [0.717, 1.165) is 5.56 Å². The Hall–Kier alpha value is -3.53. The number of oxime groups is 1. The van der Waals surface area contributed by atoms with E-state index < -0.39 is 6.10 Å². The van der Waals surface area contributed by atoms with Gasteiger partial charge in [0.05, 0.1) is 31.6 Å². The average Bonchev–Trinajstić information content (AvgIpc) is 3.18. The van der Waals surface area contributed by atoms with Crippen LogP contribution in [0.1, 0.15) is 17.5 Å². The van der Waals surface area contributed by atoms with Crippen molar-refractivity contribution in [3.05, 3.63) is 53.6 Å². The third kappa shape index (κ3) is 3.44. The molecule has 1 aliphatic heterocycles. The van der Waals surface area contributed by atoms with E-state index in [0.29, 0.717) is 34.9 Å². The van der Waals surface area contributed by atoms with E-state index in [1.165, 1.54) is 0 Å². The Kier molecular flexibility index (Phi) is 5.04. The SMILES string of the molecule is COc1cccc(C2=NOC(C(=O)Nc3ccc(C#N)cc3)C2)c1OC. The molecule has 0 saturated heterocycles. The summed E-state index contributed by atoms with van der Waals surface area (Å²) in [6.07, 6.45) is -0.428. The van der Waals surface area contributed by atoms with Gasteiger partial charge in [0.2, 0.25) is 6.10 Å². The van der Waals surface area contributed by atoms with Crippen molar-refractivity contribution in [1.82, 2.24) is 0 Å². The quantitative estimate of drug-likeness (QED) is 0.894. The molecule has 1 heterocycles. The molecule has 7 nitrogen and oxygen atoms in total. The molecule has 1 atom stereocenters. The number of ether oxygens (including phenoxy) is 2. The molecule has 2 aromatic rings. The van der Waals surface area contributed by atoms with Gasteiger partial charge in [-0.25, -0.2) is 0 Å². The average molecular weight is 351 g/mol. The van der Waals surface area contributed by atoms with Crippen LogP contribution >= 0.6 is 0 Å². The summed E-state index contributed by atoms with van der Waals surface area (Å²) in [5.74, 6) is 0.819. The van der Waals surface area contributed by atoms with Crippen LogP contribution in [-0.2, 0) is 9.63 Å². The Labute approximate surface area is 150 Å². The van der Waals surface area contributed by atoms with Crippen molar-refractivity contribution in [3.8, 4) is 17.6 Å². The van der Waals surface area contributed by atoms with Crippen LogP contribution in [0.2, 0.25) is 0 Å². The van der Waals surface area contributed by atoms with Gasteiger partial charge >= 0.3 is 0 Å². The van der Waals surface area contributed by atoms with Gasteiger partial charge in [-0.2, -0.15) is 5.26 Å². The molecule has 0 aliphatic carbocycles. The number of carbonyl (C=O) groups excluding carboxylic acids is 1. The van der Waals surface area contributed by atoms with Gasteiger partial charge in [0.1, 0.15) is 0 Å². The van der Waals surface area contributed by atoms with E-state index in [1.54, 1.807) is 44.6 Å². The van der Waals surface area contributed by atoms with E-state index in [1.807, 2.05) is 18.2 Å². The van der Waals surface area contributed by atoms with Crippen molar-refractivity contribution in [1.29, 1.82) is 5.26 Å². The highest BCUT2D eigenvalue weighted by Crippen LogP contribution is 2.33. The molecule has 1 aliphatic rings. The number of rotatable bonds is 5. The molecule has 1 amide bonds. The number of nitriles is 1. The third-order valence-corrected chi connectivity index (χ3v) is 3.96. The van der Waals surface area contributed by atoms with Gasteiger partial charge in [0.25, 0.3) is 5.91 Å². The van der Waals surface area contributed by atoms with Crippen LogP contribution in [0.15, 0.2) is 47.6 Å². The van der Waals surface area contributed by atoms with E-state index in [2.05, 4.69) is 10.5 Å². The van der Waals surface area contributed by atoms with Gasteiger partial charge in [0.15, 0.2) is 11.5 Å². The normalized spacial score (nSPS) is 15.4. The summed E-state index contributed by atoms with van der Waals surface area (Å²) in [6.45, 7) is 0. The highest BCUT2D eigenvalue weighted by molar-refractivity contribution is 6.08. The van der Waals surface area contributed by atoms with E-state index in [-0.39, 0.29) is 5.91 Å². The molecule has 1 unspecified atom stereocenters. The van der Waals surface area contributed by atoms with E-state index in [9.17, 15) is 4.79 Å². The van der Waals surface area contributed by atoms with Crippen molar-refractivity contribution >= 4 is 17.3 Å². The minimum atomic E-state index is -0.739. The predicted molar refractivity (Wildman–Crippen MR) is 95.4 cm³/mol. The number of anilines is 1. The first-order chi connectivity index (χ1) is 12.7. The number of benzene rings is 2. The van der Waals surface area contributed by atoms with Crippen LogP contribution < -0.4 is 14.8 Å². The second kappa shape index (κ2) is 7.57. The highest BCUT2D eigenvalue weighted by Gasteiger charge is 2.30. The Morgan fingerprint density at radius 1 is 1.23 bits per heavy atom. The van der Waals surface area contributed by atoms with Gasteiger partial charge in [-0.15, -0.1) is 0 Å². The first-order valence-corrected chi connectivity index (χ1v) is 7.91. The first-order valence-electron chi connectivity index (χ1n) is 7.91. The maximum Gasteiger partial charge on any atom is 0.268 e. The van der Waals surface area contributed by atoms with Crippen LogP contribution in [0.4, 0.5) is 5.69 Å². The van der Waals surface area contributed by atoms with Crippen LogP contribution in [0.3, 0.4) is 0 Å². The summed E-state index contributed by atoms with van der Waals surface area (Å²) in [5.41, 5.74) is 2.45. The maximum atomic E-state index is 12.4. The van der Waals surface area contributed by atoms with Crippen molar-refractivity contribution < 1.29 is 19.1 Å². The summed E-state index contributed by atoms with van der Waals surface area (Å²) in [5, 5.41) is 15.6.